The van der Waals surface area contributed by atoms with E-state index in [4.69, 9.17) is 0 Å². The number of nitrogens with zero attached hydrogens (tertiary/aromatic N) is 1. The van der Waals surface area contributed by atoms with Crippen molar-refractivity contribution in [1.29, 1.82) is 0 Å². The maximum absolute atomic E-state index is 12.8. The van der Waals surface area contributed by atoms with Crippen LogP contribution < -0.4 is 5.43 Å². The van der Waals surface area contributed by atoms with Crippen molar-refractivity contribution in [2.45, 2.75) is 12.6 Å². The molecule has 3 amide bonds. The Morgan fingerprint density at radius 3 is 1.96 bits per heavy atom. The van der Waals surface area contributed by atoms with Crippen LogP contribution in [0.15, 0.2) is 36.4 Å². The highest BCUT2D eigenvalue weighted by atomic mass is 19.4. The summed E-state index contributed by atoms with van der Waals surface area (Å²) in [4.78, 5) is 37.9. The molecular weight excluding hydrogens is 361 g/mol. The molecule has 1 aliphatic heterocycles. The molecule has 3 fully saturated rings. The normalized spacial score (nSPS) is 35.9. The van der Waals surface area contributed by atoms with Crippen LogP contribution in [0.5, 0.6) is 0 Å². The fourth-order valence-electron chi connectivity index (χ4n) is 5.04. The predicted octanol–water partition coefficient (Wildman–Crippen LogP) is 2.40. The fourth-order valence-corrected chi connectivity index (χ4v) is 5.04. The van der Waals surface area contributed by atoms with Crippen LogP contribution in [0.25, 0.3) is 0 Å². The monoisotopic (exact) mass is 376 g/mol. The van der Waals surface area contributed by atoms with E-state index in [-0.39, 0.29) is 17.4 Å². The first-order valence-corrected chi connectivity index (χ1v) is 8.82. The minimum atomic E-state index is -4.50. The van der Waals surface area contributed by atoms with Gasteiger partial charge in [-0.2, -0.15) is 18.2 Å². The summed E-state index contributed by atoms with van der Waals surface area (Å²) in [6.45, 7) is 0. The number of imide groups is 1. The second kappa shape index (κ2) is 5.21. The maximum atomic E-state index is 12.8. The van der Waals surface area contributed by atoms with E-state index in [0.717, 1.165) is 35.7 Å². The highest BCUT2D eigenvalue weighted by Gasteiger charge is 2.67. The largest absolute Gasteiger partial charge is 0.416 e. The number of carbonyl (C=O) groups excluding carboxylic acids is 3. The topological polar surface area (TPSA) is 66.5 Å². The molecule has 6 atom stereocenters. The van der Waals surface area contributed by atoms with E-state index >= 15 is 0 Å². The summed E-state index contributed by atoms with van der Waals surface area (Å²) in [5.74, 6) is -1.54. The third-order valence-corrected chi connectivity index (χ3v) is 6.35. The van der Waals surface area contributed by atoms with Gasteiger partial charge in [0.05, 0.1) is 17.4 Å². The number of allylic oxidation sites excluding steroid dienone is 2. The quantitative estimate of drug-likeness (QED) is 0.637. The van der Waals surface area contributed by atoms with Crippen LogP contribution in [-0.2, 0) is 15.8 Å². The molecule has 0 aromatic heterocycles. The first-order valence-electron chi connectivity index (χ1n) is 8.82. The van der Waals surface area contributed by atoms with Crippen molar-refractivity contribution < 1.29 is 27.6 Å². The Morgan fingerprint density at radius 1 is 0.963 bits per heavy atom. The molecule has 2 saturated carbocycles. The van der Waals surface area contributed by atoms with Crippen LogP contribution in [0.4, 0.5) is 13.2 Å². The number of hydrogen-bond acceptors (Lipinski definition) is 3. The number of amides is 3. The predicted molar refractivity (Wildman–Crippen MR) is 85.5 cm³/mol. The molecule has 5 nitrogen and oxygen atoms in total. The molecule has 3 unspecified atom stereocenters. The molecule has 1 N–H and O–H groups in total. The number of benzene rings is 1. The zero-order chi connectivity index (χ0) is 19.1. The van der Waals surface area contributed by atoms with Gasteiger partial charge >= 0.3 is 6.18 Å². The second-order valence-electron chi connectivity index (χ2n) is 7.68. The molecule has 1 aromatic rings. The van der Waals surface area contributed by atoms with Gasteiger partial charge in [-0.1, -0.05) is 12.2 Å². The smallest absolute Gasteiger partial charge is 0.272 e. The number of rotatable bonds is 2. The van der Waals surface area contributed by atoms with E-state index < -0.39 is 41.3 Å². The number of carbonyl (C=O) groups is 3. The number of hydrogen-bond donors (Lipinski definition) is 1. The number of halogens is 3. The lowest BCUT2D eigenvalue weighted by Gasteiger charge is -2.37. The zero-order valence-electron chi connectivity index (χ0n) is 13.9. The summed E-state index contributed by atoms with van der Waals surface area (Å²) in [6.07, 6.45) is 0.575. The lowest BCUT2D eigenvalue weighted by molar-refractivity contribution is -0.143. The first kappa shape index (κ1) is 16.5. The zero-order valence-corrected chi connectivity index (χ0v) is 13.9. The van der Waals surface area contributed by atoms with Gasteiger partial charge in [0.2, 0.25) is 0 Å². The van der Waals surface area contributed by atoms with Crippen LogP contribution in [0.1, 0.15) is 22.3 Å². The van der Waals surface area contributed by atoms with Crippen LogP contribution in [0.2, 0.25) is 0 Å². The average molecular weight is 376 g/mol. The molecule has 5 aliphatic rings. The van der Waals surface area contributed by atoms with E-state index in [0.29, 0.717) is 11.8 Å². The summed E-state index contributed by atoms with van der Waals surface area (Å²) in [6, 6.07) is 3.63. The highest BCUT2D eigenvalue weighted by Crippen LogP contribution is 2.65. The third-order valence-electron chi connectivity index (χ3n) is 6.35. The Morgan fingerprint density at radius 2 is 1.48 bits per heavy atom. The molecule has 140 valence electrons. The third kappa shape index (κ3) is 2.28. The van der Waals surface area contributed by atoms with Gasteiger partial charge in [-0.3, -0.25) is 19.8 Å². The molecule has 6 rings (SSSR count). The Kier molecular flexibility index (Phi) is 3.19. The number of hydrazine groups is 1. The molecule has 8 heteroatoms. The summed E-state index contributed by atoms with van der Waals surface area (Å²) in [5, 5.41) is 0.771. The summed E-state index contributed by atoms with van der Waals surface area (Å²) in [5.41, 5.74) is 1.37. The molecule has 1 heterocycles. The first-order chi connectivity index (χ1) is 12.8. The van der Waals surface area contributed by atoms with Gasteiger partial charge in [0.15, 0.2) is 0 Å². The summed E-state index contributed by atoms with van der Waals surface area (Å²) >= 11 is 0. The Hall–Kier alpha value is -2.64. The second-order valence-corrected chi connectivity index (χ2v) is 7.68. The Labute approximate surface area is 152 Å². The van der Waals surface area contributed by atoms with Crippen LogP contribution in [0, 0.1) is 35.5 Å². The van der Waals surface area contributed by atoms with Gasteiger partial charge in [0.1, 0.15) is 0 Å². The van der Waals surface area contributed by atoms with Crippen LogP contribution in [0.3, 0.4) is 0 Å². The summed E-state index contributed by atoms with van der Waals surface area (Å²) < 4.78 is 37.9. The highest BCUT2D eigenvalue weighted by molar-refractivity contribution is 6.08. The van der Waals surface area contributed by atoms with Gasteiger partial charge in [0.25, 0.3) is 17.7 Å². The molecule has 4 aliphatic carbocycles. The van der Waals surface area contributed by atoms with Crippen molar-refractivity contribution >= 4 is 17.7 Å². The van der Waals surface area contributed by atoms with Crippen LogP contribution >= 0.6 is 0 Å². The lowest BCUT2D eigenvalue weighted by Crippen LogP contribution is -2.46. The molecule has 2 bridgehead atoms. The van der Waals surface area contributed by atoms with Crippen molar-refractivity contribution in [1.82, 2.24) is 10.4 Å². The van der Waals surface area contributed by atoms with Crippen LogP contribution in [-0.4, -0.2) is 22.7 Å². The molecule has 0 spiro atoms. The van der Waals surface area contributed by atoms with E-state index in [1.165, 1.54) is 0 Å². The fraction of sp³-hybridized carbons (Fsp3) is 0.421. The van der Waals surface area contributed by atoms with E-state index in [1.807, 2.05) is 12.2 Å². The molecular formula is C19H15F3N2O3. The van der Waals surface area contributed by atoms with Gasteiger partial charge in [0, 0.05) is 5.56 Å². The minimum Gasteiger partial charge on any atom is -0.272 e. The van der Waals surface area contributed by atoms with Gasteiger partial charge in [-0.15, -0.1) is 0 Å². The Bertz CT molecular complexity index is 856. The number of nitrogens with one attached hydrogen (secondary N) is 1. The lowest BCUT2D eigenvalue weighted by atomic mass is 9.63. The van der Waals surface area contributed by atoms with Crippen molar-refractivity contribution in [2.24, 2.45) is 35.5 Å². The molecule has 27 heavy (non-hydrogen) atoms. The van der Waals surface area contributed by atoms with Crippen molar-refractivity contribution in [3.8, 4) is 0 Å². The van der Waals surface area contributed by atoms with Crippen molar-refractivity contribution in [3.05, 3.63) is 47.5 Å². The van der Waals surface area contributed by atoms with E-state index in [2.05, 4.69) is 5.43 Å². The van der Waals surface area contributed by atoms with Crippen molar-refractivity contribution in [3.63, 3.8) is 0 Å². The van der Waals surface area contributed by atoms with Gasteiger partial charge in [-0.25, -0.2) is 0 Å². The molecule has 0 radical (unpaired) electrons. The molecule has 1 aromatic carbocycles. The van der Waals surface area contributed by atoms with E-state index in [9.17, 15) is 27.6 Å². The van der Waals surface area contributed by atoms with Gasteiger partial charge in [-0.05, 0) is 54.4 Å². The minimum absolute atomic E-state index is 0.0365. The molecule has 1 saturated heterocycles. The van der Waals surface area contributed by atoms with Gasteiger partial charge < -0.3 is 0 Å². The standard InChI is InChI=1S/C19H15F3N2O3/c20-19(21,22)9-3-1-8(2-4-9)16(25)23-24-17(26)14-10-5-6-11(13-7-12(10)13)15(14)18(24)27/h1-6,10-15H,7H2,(H,23,25)/t10?,11?,12-,13+,14+,15?/m0/s1. The maximum Gasteiger partial charge on any atom is 0.416 e. The summed E-state index contributed by atoms with van der Waals surface area (Å²) in [7, 11) is 0. The van der Waals surface area contributed by atoms with E-state index in [1.54, 1.807) is 0 Å². The SMILES string of the molecule is O=C(NN1C(=O)C2C3C=CC([C@H]2C1=O)[C@@H]1C[C@H]31)c1ccc(C(F)(F)F)cc1. The van der Waals surface area contributed by atoms with Crippen molar-refractivity contribution in [2.75, 3.05) is 0 Å². The number of alkyl halides is 3. The average Bonchev–Trinajstić information content (AvgIpc) is 3.42. The Balaban J connectivity index is 1.35.